The maximum atomic E-state index is 4.81. The Labute approximate surface area is 53.1 Å². The lowest BCUT2D eigenvalue weighted by Gasteiger charge is -2.03. The summed E-state index contributed by atoms with van der Waals surface area (Å²) < 4.78 is 0. The van der Waals surface area contributed by atoms with Crippen LogP contribution in [0.1, 0.15) is 0 Å². The van der Waals surface area contributed by atoms with Gasteiger partial charge in [-0.05, 0) is 6.08 Å². The predicted molar refractivity (Wildman–Crippen MR) is 34.3 cm³/mol. The predicted octanol–water partition coefficient (Wildman–Crippen LogP) is 0.313. The molecule has 0 saturated heterocycles. The van der Waals surface area contributed by atoms with Gasteiger partial charge < -0.3 is 11.2 Å². The molecule has 0 aromatic carbocycles. The van der Waals surface area contributed by atoms with Crippen LogP contribution >= 0.6 is 0 Å². The zero-order valence-corrected chi connectivity index (χ0v) is 4.91. The fourth-order valence-corrected chi connectivity index (χ4v) is 0.581. The molecule has 1 aliphatic rings. The molecule has 4 heteroatoms. The van der Waals surface area contributed by atoms with Crippen molar-refractivity contribution < 1.29 is 0 Å². The first kappa shape index (κ1) is 5.81. The molecule has 0 unspecified atom stereocenters. The Morgan fingerprint density at radius 3 is 3.11 bits per heavy atom. The molecule has 0 aromatic heterocycles. The zero-order chi connectivity index (χ0) is 6.53. The Balaban J connectivity index is 2.57. The molecule has 1 heterocycles. The van der Waals surface area contributed by atoms with Crippen LogP contribution < -0.4 is 11.2 Å². The molecule has 0 spiro atoms. The number of rotatable bonds is 1. The number of nitrogens with two attached hydrogens (primary N) is 1. The Bertz CT molecular complexity index is 168. The number of allylic oxidation sites excluding steroid dienone is 2. The lowest BCUT2D eigenvalue weighted by molar-refractivity contribution is 0.828. The molecule has 0 radical (unpaired) electrons. The summed E-state index contributed by atoms with van der Waals surface area (Å²) in [6, 6.07) is 0. The van der Waals surface area contributed by atoms with E-state index in [9.17, 15) is 0 Å². The van der Waals surface area contributed by atoms with E-state index in [2.05, 4.69) is 15.7 Å². The normalized spacial score (nSPS) is 17.6. The third-order valence-corrected chi connectivity index (χ3v) is 0.957. The molecule has 48 valence electrons. The Morgan fingerprint density at radius 2 is 2.56 bits per heavy atom. The highest BCUT2D eigenvalue weighted by atomic mass is 15.3. The quantitative estimate of drug-likeness (QED) is 0.300. The molecule has 0 saturated carbocycles. The second-order valence-corrected chi connectivity index (χ2v) is 1.58. The summed E-state index contributed by atoms with van der Waals surface area (Å²) in [7, 11) is 0. The van der Waals surface area contributed by atoms with E-state index in [4.69, 9.17) is 5.84 Å². The number of hydrogen-bond acceptors (Lipinski definition) is 3. The summed E-state index contributed by atoms with van der Waals surface area (Å²) in [6.07, 6.45) is 5.69. The van der Waals surface area contributed by atoms with Crippen LogP contribution in [0.15, 0.2) is 34.4 Å². The van der Waals surface area contributed by atoms with Crippen LogP contribution in [0.3, 0.4) is 0 Å². The van der Waals surface area contributed by atoms with Crippen molar-refractivity contribution in [3.63, 3.8) is 0 Å². The van der Waals surface area contributed by atoms with Gasteiger partial charge in [0.25, 0.3) is 0 Å². The van der Waals surface area contributed by atoms with Gasteiger partial charge in [-0.1, -0.05) is 17.4 Å². The van der Waals surface area contributed by atoms with Gasteiger partial charge in [0.15, 0.2) is 5.82 Å². The van der Waals surface area contributed by atoms with Crippen LogP contribution in [-0.2, 0) is 0 Å². The minimum Gasteiger partial charge on any atom is -0.365 e. The third-order valence-electron chi connectivity index (χ3n) is 0.957. The maximum Gasteiger partial charge on any atom is 0.150 e. The largest absolute Gasteiger partial charge is 0.365 e. The summed E-state index contributed by atoms with van der Waals surface area (Å²) in [5, 5.41) is 9.66. The van der Waals surface area contributed by atoms with Crippen molar-refractivity contribution in [2.24, 2.45) is 16.2 Å². The van der Waals surface area contributed by atoms with Crippen molar-refractivity contribution in [2.45, 2.75) is 0 Å². The summed E-state index contributed by atoms with van der Waals surface area (Å²) >= 11 is 0. The SMILES string of the molecule is NN=NC1=CC=CCN1. The topological polar surface area (TPSA) is 62.8 Å². The number of dihydropyridines is 1. The van der Waals surface area contributed by atoms with Gasteiger partial charge in [-0.25, -0.2) is 0 Å². The van der Waals surface area contributed by atoms with E-state index in [0.29, 0.717) is 5.82 Å². The highest BCUT2D eigenvalue weighted by Gasteiger charge is 1.92. The Hall–Kier alpha value is -1.32. The van der Waals surface area contributed by atoms with E-state index >= 15 is 0 Å². The van der Waals surface area contributed by atoms with Crippen molar-refractivity contribution in [2.75, 3.05) is 6.54 Å². The minimum atomic E-state index is 0.708. The van der Waals surface area contributed by atoms with E-state index < -0.39 is 0 Å². The van der Waals surface area contributed by atoms with Gasteiger partial charge in [0, 0.05) is 6.54 Å². The van der Waals surface area contributed by atoms with Gasteiger partial charge in [-0.15, -0.1) is 5.11 Å². The third kappa shape index (κ3) is 1.56. The Morgan fingerprint density at radius 1 is 1.67 bits per heavy atom. The average molecular weight is 124 g/mol. The van der Waals surface area contributed by atoms with Crippen LogP contribution in [0, 0.1) is 0 Å². The second kappa shape index (κ2) is 2.86. The van der Waals surface area contributed by atoms with Crippen LogP contribution in [0.5, 0.6) is 0 Å². The van der Waals surface area contributed by atoms with Gasteiger partial charge in [0.2, 0.25) is 0 Å². The maximum absolute atomic E-state index is 4.81. The molecule has 0 atom stereocenters. The summed E-state index contributed by atoms with van der Waals surface area (Å²) in [4.78, 5) is 0. The fourth-order valence-electron chi connectivity index (χ4n) is 0.581. The molecule has 9 heavy (non-hydrogen) atoms. The smallest absolute Gasteiger partial charge is 0.150 e. The van der Waals surface area contributed by atoms with Gasteiger partial charge in [-0.2, -0.15) is 0 Å². The van der Waals surface area contributed by atoms with E-state index in [1.165, 1.54) is 0 Å². The van der Waals surface area contributed by atoms with Crippen molar-refractivity contribution in [1.29, 1.82) is 0 Å². The van der Waals surface area contributed by atoms with Gasteiger partial charge in [0.1, 0.15) is 0 Å². The van der Waals surface area contributed by atoms with Crippen molar-refractivity contribution in [3.05, 3.63) is 24.0 Å². The molecule has 0 fully saturated rings. The average Bonchev–Trinajstić information content (AvgIpc) is 1.91. The fraction of sp³-hybridized carbons (Fsp3) is 0.200. The summed E-state index contributed by atoms with van der Waals surface area (Å²) in [6.45, 7) is 0.796. The molecular formula is C5H8N4. The number of hydrogen-bond donors (Lipinski definition) is 2. The first-order valence-corrected chi connectivity index (χ1v) is 2.65. The highest BCUT2D eigenvalue weighted by Crippen LogP contribution is 1.95. The molecule has 4 nitrogen and oxygen atoms in total. The van der Waals surface area contributed by atoms with Crippen molar-refractivity contribution in [3.8, 4) is 0 Å². The molecule has 0 amide bonds. The zero-order valence-electron chi connectivity index (χ0n) is 4.91. The first-order chi connectivity index (χ1) is 4.43. The first-order valence-electron chi connectivity index (χ1n) is 2.65. The Kier molecular flexibility index (Phi) is 1.85. The number of nitrogens with zero attached hydrogens (tertiary/aromatic N) is 2. The molecule has 3 N–H and O–H groups in total. The van der Waals surface area contributed by atoms with Crippen LogP contribution in [-0.4, -0.2) is 6.54 Å². The monoisotopic (exact) mass is 124 g/mol. The summed E-state index contributed by atoms with van der Waals surface area (Å²) in [5.74, 6) is 5.52. The standard InChI is InChI=1S/C5H8N4/c6-9-8-5-3-1-2-4-7-5/h1-3,7H,4H2,(H2,6,8). The molecular weight excluding hydrogens is 116 g/mol. The lowest BCUT2D eigenvalue weighted by Crippen LogP contribution is -2.13. The lowest BCUT2D eigenvalue weighted by atomic mass is 10.4. The van der Waals surface area contributed by atoms with E-state index in [1.807, 2.05) is 12.2 Å². The van der Waals surface area contributed by atoms with E-state index in [1.54, 1.807) is 6.08 Å². The van der Waals surface area contributed by atoms with Gasteiger partial charge in [0.05, 0.1) is 0 Å². The molecule has 0 aliphatic carbocycles. The van der Waals surface area contributed by atoms with Crippen molar-refractivity contribution >= 4 is 0 Å². The molecule has 1 rings (SSSR count). The van der Waals surface area contributed by atoms with Gasteiger partial charge in [-0.3, -0.25) is 0 Å². The van der Waals surface area contributed by atoms with Crippen LogP contribution in [0.2, 0.25) is 0 Å². The van der Waals surface area contributed by atoms with Crippen LogP contribution in [0.4, 0.5) is 0 Å². The number of nitrogens with one attached hydrogen (secondary N) is 1. The minimum absolute atomic E-state index is 0.708. The van der Waals surface area contributed by atoms with Crippen molar-refractivity contribution in [1.82, 2.24) is 5.32 Å². The molecule has 0 aromatic rings. The van der Waals surface area contributed by atoms with E-state index in [-0.39, 0.29) is 0 Å². The molecule has 1 aliphatic heterocycles. The van der Waals surface area contributed by atoms with Crippen LogP contribution in [0.25, 0.3) is 0 Å². The second-order valence-electron chi connectivity index (χ2n) is 1.58. The van der Waals surface area contributed by atoms with E-state index in [0.717, 1.165) is 6.54 Å². The highest BCUT2D eigenvalue weighted by molar-refractivity contribution is 5.14. The van der Waals surface area contributed by atoms with Gasteiger partial charge >= 0.3 is 0 Å². The molecule has 0 bridgehead atoms. The summed E-state index contributed by atoms with van der Waals surface area (Å²) in [5.41, 5.74) is 0.